The Morgan fingerprint density at radius 2 is 2.19 bits per heavy atom. The molecule has 0 bridgehead atoms. The SMILES string of the molecule is NC(=O)c1csc(NC(=O)C(Cc2cccc(Br)c2)C2CCS(=O)(=O)C2)n1. The molecule has 2 atom stereocenters. The highest BCUT2D eigenvalue weighted by atomic mass is 79.9. The Kier molecular flexibility index (Phi) is 5.97. The molecule has 1 aliphatic heterocycles. The molecule has 1 fully saturated rings. The summed E-state index contributed by atoms with van der Waals surface area (Å²) in [4.78, 5) is 28.1. The summed E-state index contributed by atoms with van der Waals surface area (Å²) >= 11 is 4.52. The standard InChI is InChI=1S/C17H18BrN3O4S2/c18-12-3-1-2-10(6-12)7-13(11-4-5-27(24,25)9-11)16(23)21-17-20-14(8-26-17)15(19)22/h1-3,6,8,11,13H,4-5,7,9H2,(H2,19,22)(H,20,21,23). The summed E-state index contributed by atoms with van der Waals surface area (Å²) in [6, 6.07) is 7.58. The van der Waals surface area contributed by atoms with E-state index in [2.05, 4.69) is 26.2 Å². The van der Waals surface area contributed by atoms with E-state index < -0.39 is 21.7 Å². The number of hydrogen-bond acceptors (Lipinski definition) is 6. The number of amides is 2. The van der Waals surface area contributed by atoms with Gasteiger partial charge in [-0.25, -0.2) is 13.4 Å². The van der Waals surface area contributed by atoms with Gasteiger partial charge in [0, 0.05) is 15.8 Å². The number of carbonyl (C=O) groups is 2. The maximum Gasteiger partial charge on any atom is 0.268 e. The fourth-order valence-corrected chi connectivity index (χ4v) is 6.20. The molecule has 2 aromatic rings. The Morgan fingerprint density at radius 1 is 1.41 bits per heavy atom. The van der Waals surface area contributed by atoms with Crippen LogP contribution in [0.2, 0.25) is 0 Å². The van der Waals surface area contributed by atoms with Crippen molar-refractivity contribution < 1.29 is 18.0 Å². The van der Waals surface area contributed by atoms with Crippen LogP contribution in [-0.2, 0) is 21.1 Å². The van der Waals surface area contributed by atoms with E-state index in [0.29, 0.717) is 12.8 Å². The van der Waals surface area contributed by atoms with Crippen molar-refractivity contribution in [3.63, 3.8) is 0 Å². The number of rotatable bonds is 6. The summed E-state index contributed by atoms with van der Waals surface area (Å²) in [6.45, 7) is 0. The summed E-state index contributed by atoms with van der Waals surface area (Å²) < 4.78 is 24.7. The number of halogens is 1. The van der Waals surface area contributed by atoms with E-state index in [0.717, 1.165) is 21.4 Å². The number of primary amides is 1. The van der Waals surface area contributed by atoms with Crippen molar-refractivity contribution in [1.82, 2.24) is 4.98 Å². The molecule has 2 amide bonds. The zero-order chi connectivity index (χ0) is 19.6. The van der Waals surface area contributed by atoms with Crippen molar-refractivity contribution in [3.8, 4) is 0 Å². The Labute approximate surface area is 169 Å². The molecule has 0 aliphatic carbocycles. The van der Waals surface area contributed by atoms with Gasteiger partial charge >= 0.3 is 0 Å². The molecule has 1 aromatic heterocycles. The summed E-state index contributed by atoms with van der Waals surface area (Å²) in [7, 11) is -3.12. The van der Waals surface area contributed by atoms with Crippen LogP contribution in [0.5, 0.6) is 0 Å². The van der Waals surface area contributed by atoms with Crippen molar-refractivity contribution in [1.29, 1.82) is 0 Å². The van der Waals surface area contributed by atoms with Crippen LogP contribution in [0, 0.1) is 11.8 Å². The Morgan fingerprint density at radius 3 is 2.78 bits per heavy atom. The van der Waals surface area contributed by atoms with Crippen molar-refractivity contribution in [2.45, 2.75) is 12.8 Å². The highest BCUT2D eigenvalue weighted by Gasteiger charge is 2.37. The van der Waals surface area contributed by atoms with E-state index in [4.69, 9.17) is 5.73 Å². The lowest BCUT2D eigenvalue weighted by Gasteiger charge is -2.21. The quantitative estimate of drug-likeness (QED) is 0.669. The number of nitrogens with zero attached hydrogens (tertiary/aromatic N) is 1. The minimum Gasteiger partial charge on any atom is -0.364 e. The average Bonchev–Trinajstić information content (AvgIpc) is 3.19. The molecular weight excluding hydrogens is 454 g/mol. The molecule has 1 aromatic carbocycles. The van der Waals surface area contributed by atoms with E-state index in [1.165, 1.54) is 5.38 Å². The van der Waals surface area contributed by atoms with Crippen LogP contribution in [0.15, 0.2) is 34.1 Å². The number of hydrogen-bond donors (Lipinski definition) is 2. The largest absolute Gasteiger partial charge is 0.364 e. The maximum absolute atomic E-state index is 12.9. The maximum atomic E-state index is 12.9. The van der Waals surface area contributed by atoms with E-state index in [-0.39, 0.29) is 34.2 Å². The third-order valence-corrected chi connectivity index (χ3v) is 7.55. The first-order valence-electron chi connectivity index (χ1n) is 8.24. The summed E-state index contributed by atoms with van der Waals surface area (Å²) in [5.41, 5.74) is 6.21. The molecule has 27 heavy (non-hydrogen) atoms. The van der Waals surface area contributed by atoms with Gasteiger partial charge in [0.15, 0.2) is 15.0 Å². The van der Waals surface area contributed by atoms with Gasteiger partial charge in [-0.05, 0) is 36.5 Å². The lowest BCUT2D eigenvalue weighted by molar-refractivity contribution is -0.121. The van der Waals surface area contributed by atoms with Crippen LogP contribution in [0.4, 0.5) is 5.13 Å². The minimum atomic E-state index is -3.12. The fourth-order valence-electron chi connectivity index (χ4n) is 3.17. The molecule has 0 saturated carbocycles. The normalized spacial score (nSPS) is 19.5. The van der Waals surface area contributed by atoms with E-state index in [1.807, 2.05) is 24.3 Å². The number of nitrogens with two attached hydrogens (primary N) is 1. The number of nitrogens with one attached hydrogen (secondary N) is 1. The van der Waals surface area contributed by atoms with Crippen LogP contribution < -0.4 is 11.1 Å². The van der Waals surface area contributed by atoms with Gasteiger partial charge in [0.05, 0.1) is 11.5 Å². The third kappa shape index (κ3) is 5.14. The monoisotopic (exact) mass is 471 g/mol. The van der Waals surface area contributed by atoms with Crippen molar-refractivity contribution in [3.05, 3.63) is 45.4 Å². The van der Waals surface area contributed by atoms with Gasteiger partial charge in [-0.3, -0.25) is 9.59 Å². The number of thiazole rings is 1. The van der Waals surface area contributed by atoms with Gasteiger partial charge in [0.1, 0.15) is 5.69 Å². The minimum absolute atomic E-state index is 0.00347. The molecule has 7 nitrogen and oxygen atoms in total. The van der Waals surface area contributed by atoms with Crippen molar-refractivity contribution in [2.75, 3.05) is 16.8 Å². The second-order valence-corrected chi connectivity index (χ2v) is 10.5. The Bertz CT molecular complexity index is 974. The van der Waals surface area contributed by atoms with Gasteiger partial charge < -0.3 is 11.1 Å². The van der Waals surface area contributed by atoms with Crippen molar-refractivity contribution >= 4 is 54.0 Å². The molecule has 3 rings (SSSR count). The topological polar surface area (TPSA) is 119 Å². The number of anilines is 1. The molecule has 0 spiro atoms. The lowest BCUT2D eigenvalue weighted by Crippen LogP contribution is -2.32. The Hall–Kier alpha value is -1.78. The number of benzene rings is 1. The zero-order valence-electron chi connectivity index (χ0n) is 14.2. The smallest absolute Gasteiger partial charge is 0.268 e. The third-order valence-electron chi connectivity index (χ3n) is 4.50. The number of sulfone groups is 1. The van der Waals surface area contributed by atoms with Crippen LogP contribution in [-0.4, -0.2) is 36.7 Å². The van der Waals surface area contributed by atoms with Crippen LogP contribution >= 0.6 is 27.3 Å². The molecule has 144 valence electrons. The molecule has 1 saturated heterocycles. The first kappa shape index (κ1) is 20.0. The van der Waals surface area contributed by atoms with Gasteiger partial charge in [-0.15, -0.1) is 11.3 Å². The molecule has 3 N–H and O–H groups in total. The number of aromatic nitrogens is 1. The first-order valence-corrected chi connectivity index (χ1v) is 11.7. The van der Waals surface area contributed by atoms with Gasteiger partial charge in [-0.2, -0.15) is 0 Å². The van der Waals surface area contributed by atoms with Gasteiger partial charge in [-0.1, -0.05) is 28.1 Å². The molecule has 10 heteroatoms. The summed E-state index contributed by atoms with van der Waals surface area (Å²) in [5, 5.41) is 4.46. The van der Waals surface area contributed by atoms with Gasteiger partial charge in [0.25, 0.3) is 5.91 Å². The lowest BCUT2D eigenvalue weighted by atomic mass is 9.85. The number of carbonyl (C=O) groups excluding carboxylic acids is 2. The zero-order valence-corrected chi connectivity index (χ0v) is 17.4. The first-order chi connectivity index (χ1) is 12.7. The highest BCUT2D eigenvalue weighted by Crippen LogP contribution is 2.30. The fraction of sp³-hybridized carbons (Fsp3) is 0.353. The van der Waals surface area contributed by atoms with Gasteiger partial charge in [0.2, 0.25) is 5.91 Å². The molecule has 2 heterocycles. The van der Waals surface area contributed by atoms with E-state index in [1.54, 1.807) is 0 Å². The average molecular weight is 472 g/mol. The van der Waals surface area contributed by atoms with Crippen LogP contribution in [0.3, 0.4) is 0 Å². The molecule has 0 radical (unpaired) electrons. The molecular formula is C17H18BrN3O4S2. The van der Waals surface area contributed by atoms with Crippen molar-refractivity contribution in [2.24, 2.45) is 17.6 Å². The Balaban J connectivity index is 1.81. The van der Waals surface area contributed by atoms with E-state index >= 15 is 0 Å². The summed E-state index contributed by atoms with van der Waals surface area (Å²) in [5.74, 6) is -1.64. The summed E-state index contributed by atoms with van der Waals surface area (Å²) in [6.07, 6.45) is 0.873. The highest BCUT2D eigenvalue weighted by molar-refractivity contribution is 9.10. The second-order valence-electron chi connectivity index (χ2n) is 6.50. The predicted molar refractivity (Wildman–Crippen MR) is 107 cm³/mol. The van der Waals surface area contributed by atoms with Crippen LogP contribution in [0.25, 0.3) is 0 Å². The molecule has 2 unspecified atom stereocenters. The van der Waals surface area contributed by atoms with E-state index in [9.17, 15) is 18.0 Å². The molecule has 1 aliphatic rings. The second kappa shape index (κ2) is 8.07. The predicted octanol–water partition coefficient (Wildman–Crippen LogP) is 2.24. The van der Waals surface area contributed by atoms with Crippen LogP contribution in [0.1, 0.15) is 22.5 Å².